The first-order chi connectivity index (χ1) is 9.13. The van der Waals surface area contributed by atoms with Crippen molar-refractivity contribution >= 4 is 21.8 Å². The van der Waals surface area contributed by atoms with Crippen LogP contribution in [0.2, 0.25) is 0 Å². The zero-order valence-corrected chi connectivity index (χ0v) is 13.1. The molecule has 0 aliphatic rings. The monoisotopic (exact) mass is 327 g/mol. The molecule has 0 radical (unpaired) electrons. The Morgan fingerprint density at radius 3 is 2.79 bits per heavy atom. The number of hydrazine groups is 1. The minimum absolute atomic E-state index is 0.486. The van der Waals surface area contributed by atoms with E-state index in [-0.39, 0.29) is 0 Å². The number of aliphatic hydroxyl groups excluding tert-OH is 1. The average Bonchev–Trinajstić information content (AvgIpc) is 2.40. The first-order valence-corrected chi connectivity index (χ1v) is 7.34. The van der Waals surface area contributed by atoms with E-state index in [1.165, 1.54) is 0 Å². The third-order valence-corrected chi connectivity index (χ3v) is 3.56. The molecule has 0 saturated carbocycles. The Morgan fingerprint density at radius 1 is 1.47 bits per heavy atom. The number of unbranched alkanes of at least 4 members (excludes halogenated alkanes) is 2. The number of aliphatic hydroxyl groups is 1. The van der Waals surface area contributed by atoms with Gasteiger partial charge in [0.15, 0.2) is 0 Å². The van der Waals surface area contributed by atoms with Crippen LogP contribution in [-0.4, -0.2) is 18.0 Å². The van der Waals surface area contributed by atoms with E-state index < -0.39 is 6.10 Å². The Kier molecular flexibility index (Phi) is 7.05. The number of amidine groups is 1. The molecule has 5 heteroatoms. The summed E-state index contributed by atoms with van der Waals surface area (Å²) in [6.45, 7) is 2.15. The van der Waals surface area contributed by atoms with Crippen molar-refractivity contribution in [2.75, 3.05) is 7.05 Å². The van der Waals surface area contributed by atoms with Gasteiger partial charge in [0.25, 0.3) is 0 Å². The van der Waals surface area contributed by atoms with E-state index in [0.717, 1.165) is 41.3 Å². The van der Waals surface area contributed by atoms with Gasteiger partial charge in [0, 0.05) is 17.1 Å². The van der Waals surface area contributed by atoms with E-state index in [1.54, 1.807) is 7.05 Å². The Morgan fingerprint density at radius 2 is 2.21 bits per heavy atom. The van der Waals surface area contributed by atoms with Crippen LogP contribution in [0.1, 0.15) is 49.8 Å². The fourth-order valence-electron chi connectivity index (χ4n) is 2.03. The number of nitrogens with one attached hydrogen (secondary N) is 1. The first-order valence-electron chi connectivity index (χ1n) is 6.55. The second-order valence-electron chi connectivity index (χ2n) is 4.46. The highest BCUT2D eigenvalue weighted by Gasteiger charge is 2.15. The van der Waals surface area contributed by atoms with Gasteiger partial charge in [0.05, 0.1) is 6.10 Å². The number of rotatable bonds is 6. The van der Waals surface area contributed by atoms with Gasteiger partial charge >= 0.3 is 0 Å². The second kappa shape index (κ2) is 8.30. The molecule has 1 atom stereocenters. The summed E-state index contributed by atoms with van der Waals surface area (Å²) in [5.41, 5.74) is 4.27. The van der Waals surface area contributed by atoms with Crippen molar-refractivity contribution in [1.82, 2.24) is 5.43 Å². The lowest BCUT2D eigenvalue weighted by Crippen LogP contribution is -2.32. The highest BCUT2D eigenvalue weighted by molar-refractivity contribution is 9.10. The molecule has 0 saturated heterocycles. The van der Waals surface area contributed by atoms with E-state index in [2.05, 4.69) is 33.3 Å². The predicted molar refractivity (Wildman–Crippen MR) is 83.0 cm³/mol. The van der Waals surface area contributed by atoms with Crippen LogP contribution in [0.3, 0.4) is 0 Å². The van der Waals surface area contributed by atoms with Gasteiger partial charge in [-0.15, -0.1) is 0 Å². The molecule has 19 heavy (non-hydrogen) atoms. The molecule has 0 amide bonds. The molecule has 106 valence electrons. The van der Waals surface area contributed by atoms with Crippen LogP contribution in [0.25, 0.3) is 0 Å². The maximum atomic E-state index is 10.3. The highest BCUT2D eigenvalue weighted by Crippen LogP contribution is 2.26. The van der Waals surface area contributed by atoms with Gasteiger partial charge < -0.3 is 10.5 Å². The lowest BCUT2D eigenvalue weighted by Gasteiger charge is -2.17. The van der Waals surface area contributed by atoms with Gasteiger partial charge in [0.1, 0.15) is 5.84 Å². The summed E-state index contributed by atoms with van der Waals surface area (Å²) < 4.78 is 0.934. The molecule has 0 bridgehead atoms. The second-order valence-corrected chi connectivity index (χ2v) is 5.38. The van der Waals surface area contributed by atoms with Crippen molar-refractivity contribution in [3.8, 4) is 0 Å². The summed E-state index contributed by atoms with van der Waals surface area (Å²) in [6.07, 6.45) is 3.56. The van der Waals surface area contributed by atoms with Gasteiger partial charge in [-0.25, -0.2) is 5.84 Å². The van der Waals surface area contributed by atoms with Crippen molar-refractivity contribution in [2.45, 2.75) is 38.7 Å². The van der Waals surface area contributed by atoms with E-state index in [1.807, 2.05) is 18.2 Å². The summed E-state index contributed by atoms with van der Waals surface area (Å²) in [4.78, 5) is 4.11. The van der Waals surface area contributed by atoms with Crippen LogP contribution < -0.4 is 11.3 Å². The molecule has 1 unspecified atom stereocenters. The number of nitrogens with zero attached hydrogens (tertiary/aromatic N) is 1. The van der Waals surface area contributed by atoms with E-state index >= 15 is 0 Å². The largest absolute Gasteiger partial charge is 0.388 e. The SMILES string of the molecule is CCCCCC(O)c1ccc(Br)cc1C(=NC)NN. The molecule has 0 fully saturated rings. The van der Waals surface area contributed by atoms with Crippen LogP contribution >= 0.6 is 15.9 Å². The van der Waals surface area contributed by atoms with E-state index in [0.29, 0.717) is 5.84 Å². The smallest absolute Gasteiger partial charge is 0.142 e. The van der Waals surface area contributed by atoms with Crippen molar-refractivity contribution in [3.05, 3.63) is 33.8 Å². The number of hydrogen-bond donors (Lipinski definition) is 3. The fraction of sp³-hybridized carbons (Fsp3) is 0.500. The van der Waals surface area contributed by atoms with Crippen LogP contribution in [0.5, 0.6) is 0 Å². The number of nitrogens with two attached hydrogens (primary N) is 1. The van der Waals surface area contributed by atoms with Crippen LogP contribution in [0.4, 0.5) is 0 Å². The van der Waals surface area contributed by atoms with Crippen LogP contribution in [-0.2, 0) is 0 Å². The minimum atomic E-state index is -0.486. The Bertz CT molecular complexity index is 435. The lowest BCUT2D eigenvalue weighted by molar-refractivity contribution is 0.163. The van der Waals surface area contributed by atoms with Crippen LogP contribution in [0.15, 0.2) is 27.7 Å². The molecular formula is C14H22BrN3O. The molecule has 0 spiro atoms. The molecule has 1 aromatic carbocycles. The standard InChI is InChI=1S/C14H22BrN3O/c1-3-4-5-6-13(19)11-8-7-10(15)9-12(11)14(17-2)18-16/h7-9,13,19H,3-6,16H2,1-2H3,(H,17,18). The number of benzene rings is 1. The van der Waals surface area contributed by atoms with Crippen molar-refractivity contribution in [3.63, 3.8) is 0 Å². The summed E-state index contributed by atoms with van der Waals surface area (Å²) >= 11 is 3.43. The maximum Gasteiger partial charge on any atom is 0.142 e. The topological polar surface area (TPSA) is 70.6 Å². The molecule has 0 aliphatic carbocycles. The third kappa shape index (κ3) is 4.60. The molecule has 4 nitrogen and oxygen atoms in total. The molecule has 4 N–H and O–H groups in total. The lowest BCUT2D eigenvalue weighted by atomic mass is 9.97. The first kappa shape index (κ1) is 16.1. The van der Waals surface area contributed by atoms with Gasteiger partial charge in [0.2, 0.25) is 0 Å². The quantitative estimate of drug-likeness (QED) is 0.247. The zero-order valence-electron chi connectivity index (χ0n) is 11.5. The van der Waals surface area contributed by atoms with Gasteiger partial charge in [-0.05, 0) is 24.1 Å². The summed E-state index contributed by atoms with van der Waals surface area (Å²) in [7, 11) is 1.67. The van der Waals surface area contributed by atoms with Gasteiger partial charge in [-0.1, -0.05) is 48.2 Å². The van der Waals surface area contributed by atoms with E-state index in [4.69, 9.17) is 5.84 Å². The van der Waals surface area contributed by atoms with Gasteiger partial charge in [-0.2, -0.15) is 0 Å². The van der Waals surface area contributed by atoms with Crippen molar-refractivity contribution < 1.29 is 5.11 Å². The van der Waals surface area contributed by atoms with Crippen LogP contribution in [0, 0.1) is 0 Å². The van der Waals surface area contributed by atoms with Crippen molar-refractivity contribution in [1.29, 1.82) is 0 Å². The molecule has 0 aliphatic heterocycles. The Balaban J connectivity index is 2.99. The molecular weight excluding hydrogens is 306 g/mol. The summed E-state index contributed by atoms with van der Waals surface area (Å²) in [5.74, 6) is 6.05. The zero-order chi connectivity index (χ0) is 14.3. The minimum Gasteiger partial charge on any atom is -0.388 e. The highest BCUT2D eigenvalue weighted by atomic mass is 79.9. The number of aliphatic imine (C=N–C) groups is 1. The average molecular weight is 328 g/mol. The van der Waals surface area contributed by atoms with Crippen molar-refractivity contribution in [2.24, 2.45) is 10.8 Å². The number of hydrogen-bond acceptors (Lipinski definition) is 3. The maximum absolute atomic E-state index is 10.3. The number of halogens is 1. The fourth-order valence-corrected chi connectivity index (χ4v) is 2.39. The summed E-state index contributed by atoms with van der Waals surface area (Å²) in [6, 6.07) is 5.75. The summed E-state index contributed by atoms with van der Waals surface area (Å²) in [5, 5.41) is 10.3. The van der Waals surface area contributed by atoms with E-state index in [9.17, 15) is 5.11 Å². The molecule has 1 aromatic rings. The Hall–Kier alpha value is -0.910. The normalized spacial score (nSPS) is 13.4. The molecule has 0 aromatic heterocycles. The molecule has 0 heterocycles. The molecule has 1 rings (SSSR count). The third-order valence-electron chi connectivity index (χ3n) is 3.07. The Labute approximate surface area is 123 Å². The predicted octanol–water partition coefficient (Wildman–Crippen LogP) is 2.90. The van der Waals surface area contributed by atoms with Gasteiger partial charge in [-0.3, -0.25) is 4.99 Å².